The van der Waals surface area contributed by atoms with E-state index in [0.29, 0.717) is 50.1 Å². The molecule has 3 heterocycles. The van der Waals surface area contributed by atoms with Crippen LogP contribution < -0.4 is 15.9 Å². The van der Waals surface area contributed by atoms with E-state index in [4.69, 9.17) is 15.3 Å². The zero-order valence-corrected chi connectivity index (χ0v) is 29.4. The monoisotopic (exact) mass is 704 g/mol. The average molecular weight is 705 g/mol. The fraction of sp³-hybridized carbons (Fsp3) is 0. The maximum atomic E-state index is 18.0. The molecular weight excluding hydrogens is 672 g/mol. The molecule has 9 aromatic rings. The summed E-state index contributed by atoms with van der Waals surface area (Å²) in [6, 6.07) is 59.8. The summed E-state index contributed by atoms with van der Waals surface area (Å²) in [7, 11) is -4.13. The molecule has 254 valence electrons. The van der Waals surface area contributed by atoms with Crippen LogP contribution in [0.3, 0.4) is 0 Å². The number of hydrogen-bond donors (Lipinski definition) is 3. The maximum absolute atomic E-state index is 18.0. The highest BCUT2D eigenvalue weighted by molar-refractivity contribution is 7.86. The van der Waals surface area contributed by atoms with Gasteiger partial charge in [0, 0.05) is 33.4 Å². The lowest BCUT2D eigenvalue weighted by Crippen LogP contribution is -2.30. The van der Waals surface area contributed by atoms with Gasteiger partial charge in [-0.25, -0.2) is 0 Å². The van der Waals surface area contributed by atoms with Crippen molar-refractivity contribution in [2.75, 3.05) is 0 Å². The minimum absolute atomic E-state index is 0.571. The molecule has 9 rings (SSSR count). The van der Waals surface area contributed by atoms with Gasteiger partial charge in [-0.15, -0.1) is 0 Å². The lowest BCUT2D eigenvalue weighted by molar-refractivity contribution is 0.593. The largest absolute Gasteiger partial charge is 0.308 e. The summed E-state index contributed by atoms with van der Waals surface area (Å²) in [5.74, 6) is 0. The number of H-pyrrole nitrogens is 3. The molecule has 7 nitrogen and oxygen atoms in total. The molecule has 8 heteroatoms. The summed E-state index contributed by atoms with van der Waals surface area (Å²) in [6.45, 7) is 0. The molecule has 0 fully saturated rings. The van der Waals surface area contributed by atoms with Gasteiger partial charge >= 0.3 is 0 Å². The molecule has 53 heavy (non-hydrogen) atoms. The number of rotatable bonds is 9. The number of aromatic amines is 3. The summed E-state index contributed by atoms with van der Waals surface area (Å²) in [5, 5.41) is 26.8. The SMILES string of the molecule is O=P(c1c(-c2ccccc2)n[nH]c1-c1ccccc1)(c1c(-c2ccccc2)n[nH]c1-c1ccccc1)c1c(-c2ccccc2)n[nH]c1-c1ccccc1. The molecule has 0 saturated heterocycles. The molecule has 3 aromatic heterocycles. The first-order valence-corrected chi connectivity index (χ1v) is 19.1. The van der Waals surface area contributed by atoms with Gasteiger partial charge in [-0.1, -0.05) is 182 Å². The van der Waals surface area contributed by atoms with Gasteiger partial charge in [0.1, 0.15) is 17.1 Å². The van der Waals surface area contributed by atoms with Crippen molar-refractivity contribution in [3.63, 3.8) is 0 Å². The van der Waals surface area contributed by atoms with Crippen LogP contribution in [0.5, 0.6) is 0 Å². The first kappa shape index (κ1) is 32.1. The Hall–Kier alpha value is -6.82. The van der Waals surface area contributed by atoms with Crippen LogP contribution in [0.25, 0.3) is 67.5 Å². The zero-order valence-electron chi connectivity index (χ0n) is 28.5. The lowest BCUT2D eigenvalue weighted by Gasteiger charge is -2.24. The number of nitrogens with one attached hydrogen (secondary N) is 3. The minimum Gasteiger partial charge on any atom is -0.308 e. The van der Waals surface area contributed by atoms with Crippen molar-refractivity contribution in [2.24, 2.45) is 0 Å². The zero-order chi connectivity index (χ0) is 35.6. The van der Waals surface area contributed by atoms with Crippen LogP contribution in [-0.2, 0) is 4.57 Å². The fourth-order valence-electron chi connectivity index (χ4n) is 7.07. The Morgan fingerprint density at radius 1 is 0.302 bits per heavy atom. The third-order valence-electron chi connectivity index (χ3n) is 9.50. The van der Waals surface area contributed by atoms with Gasteiger partial charge in [0.15, 0.2) is 7.14 Å². The van der Waals surface area contributed by atoms with Crippen molar-refractivity contribution in [1.82, 2.24) is 30.6 Å². The number of aromatic nitrogens is 6. The first-order valence-electron chi connectivity index (χ1n) is 17.4. The average Bonchev–Trinajstić information content (AvgIpc) is 4.01. The van der Waals surface area contributed by atoms with Crippen molar-refractivity contribution < 1.29 is 4.57 Å². The Balaban J connectivity index is 1.51. The lowest BCUT2D eigenvalue weighted by atomic mass is 10.1. The number of benzene rings is 6. The third-order valence-corrected chi connectivity index (χ3v) is 12.7. The van der Waals surface area contributed by atoms with Crippen LogP contribution in [-0.4, -0.2) is 30.6 Å². The van der Waals surface area contributed by atoms with E-state index in [-0.39, 0.29) is 0 Å². The van der Waals surface area contributed by atoms with Crippen molar-refractivity contribution in [1.29, 1.82) is 0 Å². The smallest absolute Gasteiger partial charge is 0.184 e. The van der Waals surface area contributed by atoms with E-state index in [1.165, 1.54) is 0 Å². The predicted octanol–water partition coefficient (Wildman–Crippen LogP) is 9.50. The molecule has 6 aromatic carbocycles. The van der Waals surface area contributed by atoms with E-state index in [2.05, 4.69) is 15.3 Å². The summed E-state index contributed by atoms with van der Waals surface area (Å²) in [6.07, 6.45) is 0. The molecule has 0 aliphatic rings. The van der Waals surface area contributed by atoms with Gasteiger partial charge in [0.25, 0.3) is 0 Å². The highest BCUT2D eigenvalue weighted by Crippen LogP contribution is 2.54. The van der Waals surface area contributed by atoms with Crippen LogP contribution >= 0.6 is 7.14 Å². The molecule has 0 atom stereocenters. The topological polar surface area (TPSA) is 103 Å². The molecule has 0 aliphatic carbocycles. The molecule has 0 radical (unpaired) electrons. The molecule has 0 bridgehead atoms. The van der Waals surface area contributed by atoms with Crippen molar-refractivity contribution in [3.8, 4) is 67.5 Å². The van der Waals surface area contributed by atoms with E-state index in [0.717, 1.165) is 33.4 Å². The Bertz CT molecular complexity index is 2200. The number of hydrogen-bond acceptors (Lipinski definition) is 4. The van der Waals surface area contributed by atoms with E-state index in [1.807, 2.05) is 182 Å². The van der Waals surface area contributed by atoms with E-state index in [9.17, 15) is 0 Å². The van der Waals surface area contributed by atoms with Gasteiger partial charge in [-0.2, -0.15) is 15.3 Å². The van der Waals surface area contributed by atoms with Gasteiger partial charge in [-0.05, 0) is 0 Å². The Kier molecular flexibility index (Phi) is 8.31. The molecule has 0 aliphatic heterocycles. The predicted molar refractivity (Wildman–Crippen MR) is 215 cm³/mol. The Morgan fingerprint density at radius 2 is 0.509 bits per heavy atom. The molecule has 3 N–H and O–H groups in total. The van der Waals surface area contributed by atoms with Crippen molar-refractivity contribution in [2.45, 2.75) is 0 Å². The normalized spacial score (nSPS) is 11.5. The summed E-state index contributed by atoms with van der Waals surface area (Å²) < 4.78 is 18.0. The van der Waals surface area contributed by atoms with Crippen LogP contribution in [0.1, 0.15) is 0 Å². The number of nitrogens with zero attached hydrogens (tertiary/aromatic N) is 3. The molecule has 0 amide bonds. The first-order chi connectivity index (χ1) is 26.2. The van der Waals surface area contributed by atoms with Gasteiger partial charge in [0.2, 0.25) is 0 Å². The summed E-state index contributed by atoms with van der Waals surface area (Å²) >= 11 is 0. The summed E-state index contributed by atoms with van der Waals surface area (Å²) in [4.78, 5) is 0. The van der Waals surface area contributed by atoms with E-state index >= 15 is 4.57 Å². The molecule has 0 unspecified atom stereocenters. The standard InChI is InChI=1S/C45H33N6OP/c52-53(43-37(31-19-7-1-8-20-31)46-47-38(43)32-21-9-2-10-22-32,44-39(33-23-11-3-12-24-33)48-49-40(44)34-25-13-4-14-26-34)45-41(35-27-15-5-16-28-35)50-51-42(45)36-29-17-6-18-30-36/h1-30H,(H,46,47)(H,48,49)(H,50,51). The van der Waals surface area contributed by atoms with Crippen LogP contribution in [0.4, 0.5) is 0 Å². The Labute approximate surface area is 306 Å². The molecule has 0 spiro atoms. The van der Waals surface area contributed by atoms with E-state index in [1.54, 1.807) is 0 Å². The van der Waals surface area contributed by atoms with Crippen LogP contribution in [0, 0.1) is 0 Å². The fourth-order valence-corrected chi connectivity index (χ4v) is 10.7. The highest BCUT2D eigenvalue weighted by atomic mass is 31.2. The third kappa shape index (κ3) is 5.64. The second-order valence-corrected chi connectivity index (χ2v) is 15.3. The second-order valence-electron chi connectivity index (χ2n) is 12.7. The molecular formula is C45H33N6OP. The van der Waals surface area contributed by atoms with Gasteiger partial charge in [-0.3, -0.25) is 15.3 Å². The second kappa shape index (κ2) is 13.7. The highest BCUT2D eigenvalue weighted by Gasteiger charge is 2.46. The maximum Gasteiger partial charge on any atom is 0.184 e. The van der Waals surface area contributed by atoms with Crippen molar-refractivity contribution in [3.05, 3.63) is 182 Å². The quantitative estimate of drug-likeness (QED) is 0.130. The minimum atomic E-state index is -4.13. The Morgan fingerprint density at radius 3 is 0.736 bits per heavy atom. The summed E-state index contributed by atoms with van der Waals surface area (Å²) in [5.41, 5.74) is 8.81. The van der Waals surface area contributed by atoms with Crippen LogP contribution in [0.15, 0.2) is 182 Å². The van der Waals surface area contributed by atoms with Crippen molar-refractivity contribution >= 4 is 23.1 Å². The van der Waals surface area contributed by atoms with Gasteiger partial charge < -0.3 is 4.57 Å². The van der Waals surface area contributed by atoms with E-state index < -0.39 is 7.14 Å². The molecule has 0 saturated carbocycles. The van der Waals surface area contributed by atoms with Gasteiger partial charge in [0.05, 0.1) is 33.0 Å². The van der Waals surface area contributed by atoms with Crippen LogP contribution in [0.2, 0.25) is 0 Å².